The lowest BCUT2D eigenvalue weighted by Gasteiger charge is -2.30. The predicted molar refractivity (Wildman–Crippen MR) is 111 cm³/mol. The molecule has 0 amide bonds. The first-order valence-corrected chi connectivity index (χ1v) is 9.67. The van der Waals surface area contributed by atoms with E-state index < -0.39 is 11.9 Å². The molecule has 5 nitrogen and oxygen atoms in total. The van der Waals surface area contributed by atoms with Gasteiger partial charge in [0.05, 0.1) is 20.8 Å². The molecule has 5 heteroatoms. The SMILES string of the molecule is CCOC(=O)C1C(=O)C=C(c2cc(OC)cc(OC)c2)CC1c1cccc(C)c1. The molecule has 0 fully saturated rings. The summed E-state index contributed by atoms with van der Waals surface area (Å²) >= 11 is 0. The lowest BCUT2D eigenvalue weighted by Crippen LogP contribution is -2.34. The van der Waals surface area contributed by atoms with Crippen molar-refractivity contribution < 1.29 is 23.8 Å². The summed E-state index contributed by atoms with van der Waals surface area (Å²) in [7, 11) is 3.18. The van der Waals surface area contributed by atoms with Crippen molar-refractivity contribution in [3.05, 3.63) is 65.2 Å². The van der Waals surface area contributed by atoms with Crippen molar-refractivity contribution >= 4 is 17.3 Å². The van der Waals surface area contributed by atoms with E-state index in [1.165, 1.54) is 0 Å². The monoisotopic (exact) mass is 394 g/mol. The molecule has 2 aromatic rings. The van der Waals surface area contributed by atoms with Gasteiger partial charge in [0, 0.05) is 12.0 Å². The molecule has 1 aliphatic carbocycles. The highest BCUT2D eigenvalue weighted by molar-refractivity contribution is 6.10. The number of carbonyl (C=O) groups is 2. The number of rotatable bonds is 6. The predicted octanol–water partition coefficient (Wildman–Crippen LogP) is 4.33. The summed E-state index contributed by atoms with van der Waals surface area (Å²) in [5.41, 5.74) is 3.72. The first-order valence-electron chi connectivity index (χ1n) is 9.67. The van der Waals surface area contributed by atoms with Gasteiger partial charge in [0.1, 0.15) is 17.4 Å². The van der Waals surface area contributed by atoms with Crippen LogP contribution in [0.25, 0.3) is 5.57 Å². The standard InChI is InChI=1S/C24H26O5/c1-5-29-24(26)23-21(16-8-6-7-15(2)9-16)12-18(13-22(23)25)17-10-19(27-3)14-20(11-17)28-4/h6-11,13-14,21,23H,5,12H2,1-4H3. The van der Waals surface area contributed by atoms with Crippen LogP contribution in [0.5, 0.6) is 11.5 Å². The summed E-state index contributed by atoms with van der Waals surface area (Å²) in [6.45, 7) is 3.99. The third-order valence-corrected chi connectivity index (χ3v) is 5.20. The molecule has 0 aliphatic heterocycles. The Morgan fingerprint density at radius 2 is 1.76 bits per heavy atom. The quantitative estimate of drug-likeness (QED) is 0.539. The van der Waals surface area contributed by atoms with Crippen LogP contribution in [0.2, 0.25) is 0 Å². The largest absolute Gasteiger partial charge is 0.497 e. The number of esters is 1. The molecule has 0 spiro atoms. The second kappa shape index (κ2) is 8.95. The summed E-state index contributed by atoms with van der Waals surface area (Å²) in [5, 5.41) is 0. The zero-order valence-electron chi connectivity index (χ0n) is 17.2. The zero-order valence-corrected chi connectivity index (χ0v) is 17.2. The maximum atomic E-state index is 13.0. The number of ether oxygens (including phenoxy) is 3. The molecule has 0 bridgehead atoms. The molecule has 2 unspecified atom stereocenters. The van der Waals surface area contributed by atoms with Crippen molar-refractivity contribution in [3.63, 3.8) is 0 Å². The summed E-state index contributed by atoms with van der Waals surface area (Å²) in [6.07, 6.45) is 2.09. The van der Waals surface area contributed by atoms with Gasteiger partial charge in [-0.05, 0) is 55.2 Å². The molecule has 3 rings (SSSR count). The molecule has 0 saturated heterocycles. The van der Waals surface area contributed by atoms with Gasteiger partial charge in [0.15, 0.2) is 5.78 Å². The smallest absolute Gasteiger partial charge is 0.317 e. The van der Waals surface area contributed by atoms with Crippen LogP contribution in [0.15, 0.2) is 48.5 Å². The van der Waals surface area contributed by atoms with Crippen LogP contribution in [0.4, 0.5) is 0 Å². The number of hydrogen-bond acceptors (Lipinski definition) is 5. The number of hydrogen-bond donors (Lipinski definition) is 0. The van der Waals surface area contributed by atoms with Crippen LogP contribution in [-0.2, 0) is 14.3 Å². The Bertz CT molecular complexity index is 922. The number of allylic oxidation sites excluding steroid dienone is 2. The summed E-state index contributed by atoms with van der Waals surface area (Å²) < 4.78 is 16.0. The molecule has 1 aliphatic rings. The molecular formula is C24H26O5. The van der Waals surface area contributed by atoms with E-state index in [-0.39, 0.29) is 18.3 Å². The minimum Gasteiger partial charge on any atom is -0.497 e. The molecule has 152 valence electrons. The van der Waals surface area contributed by atoms with Crippen molar-refractivity contribution in [2.45, 2.75) is 26.2 Å². The summed E-state index contributed by atoms with van der Waals surface area (Å²) in [5.74, 6) is -0.549. The number of ketones is 1. The first-order chi connectivity index (χ1) is 14.0. The van der Waals surface area contributed by atoms with E-state index in [1.54, 1.807) is 33.3 Å². The fraction of sp³-hybridized carbons (Fsp3) is 0.333. The minimum absolute atomic E-state index is 0.238. The molecule has 2 aromatic carbocycles. The van der Waals surface area contributed by atoms with E-state index in [4.69, 9.17) is 14.2 Å². The van der Waals surface area contributed by atoms with Crippen LogP contribution in [-0.4, -0.2) is 32.6 Å². The van der Waals surface area contributed by atoms with Crippen LogP contribution in [0.3, 0.4) is 0 Å². The summed E-state index contributed by atoms with van der Waals surface area (Å²) in [6, 6.07) is 13.5. The van der Waals surface area contributed by atoms with Crippen LogP contribution in [0, 0.1) is 12.8 Å². The third kappa shape index (κ3) is 4.50. The lowest BCUT2D eigenvalue weighted by molar-refractivity contribution is -0.151. The van der Waals surface area contributed by atoms with Gasteiger partial charge in [-0.25, -0.2) is 0 Å². The molecule has 0 heterocycles. The molecule has 0 N–H and O–H groups in total. The topological polar surface area (TPSA) is 61.8 Å². The first kappa shape index (κ1) is 20.6. The Balaban J connectivity index is 2.07. The van der Waals surface area contributed by atoms with E-state index in [1.807, 2.05) is 43.3 Å². The Morgan fingerprint density at radius 3 is 2.34 bits per heavy atom. The fourth-order valence-electron chi connectivity index (χ4n) is 3.79. The lowest BCUT2D eigenvalue weighted by atomic mass is 9.73. The second-order valence-corrected chi connectivity index (χ2v) is 7.13. The highest BCUT2D eigenvalue weighted by atomic mass is 16.5. The van der Waals surface area contributed by atoms with E-state index >= 15 is 0 Å². The maximum Gasteiger partial charge on any atom is 0.317 e. The Labute approximate surface area is 171 Å². The Hall–Kier alpha value is -3.08. The van der Waals surface area contributed by atoms with E-state index in [9.17, 15) is 9.59 Å². The highest BCUT2D eigenvalue weighted by Gasteiger charge is 2.39. The van der Waals surface area contributed by atoms with Gasteiger partial charge >= 0.3 is 5.97 Å². The number of aryl methyl sites for hydroxylation is 1. The minimum atomic E-state index is -0.840. The van der Waals surface area contributed by atoms with Crippen molar-refractivity contribution in [1.29, 1.82) is 0 Å². The van der Waals surface area contributed by atoms with Gasteiger partial charge in [-0.3, -0.25) is 9.59 Å². The van der Waals surface area contributed by atoms with E-state index in [2.05, 4.69) is 0 Å². The van der Waals surface area contributed by atoms with Crippen molar-refractivity contribution in [2.24, 2.45) is 5.92 Å². The summed E-state index contributed by atoms with van der Waals surface area (Å²) in [4.78, 5) is 25.6. The normalized spacial score (nSPS) is 18.8. The van der Waals surface area contributed by atoms with Gasteiger partial charge in [-0.15, -0.1) is 0 Å². The Kier molecular flexibility index (Phi) is 6.37. The average Bonchev–Trinajstić information content (AvgIpc) is 2.72. The number of carbonyl (C=O) groups excluding carboxylic acids is 2. The van der Waals surface area contributed by atoms with Crippen LogP contribution in [0.1, 0.15) is 36.0 Å². The molecule has 0 radical (unpaired) electrons. The van der Waals surface area contributed by atoms with E-state index in [0.717, 1.165) is 22.3 Å². The molecule has 0 aromatic heterocycles. The van der Waals surface area contributed by atoms with E-state index in [0.29, 0.717) is 17.9 Å². The average molecular weight is 394 g/mol. The zero-order chi connectivity index (χ0) is 21.0. The van der Waals surface area contributed by atoms with Crippen molar-refractivity contribution in [1.82, 2.24) is 0 Å². The van der Waals surface area contributed by atoms with Crippen molar-refractivity contribution in [3.8, 4) is 11.5 Å². The Morgan fingerprint density at radius 1 is 1.07 bits per heavy atom. The molecule has 0 saturated carbocycles. The van der Waals surface area contributed by atoms with Crippen LogP contribution < -0.4 is 9.47 Å². The second-order valence-electron chi connectivity index (χ2n) is 7.13. The molecule has 2 atom stereocenters. The molecule has 29 heavy (non-hydrogen) atoms. The highest BCUT2D eigenvalue weighted by Crippen LogP contribution is 2.41. The van der Waals surface area contributed by atoms with Crippen LogP contribution >= 0.6 is 0 Å². The van der Waals surface area contributed by atoms with Gasteiger partial charge in [0.2, 0.25) is 0 Å². The van der Waals surface area contributed by atoms with Gasteiger partial charge in [-0.1, -0.05) is 29.8 Å². The van der Waals surface area contributed by atoms with Crippen molar-refractivity contribution in [2.75, 3.05) is 20.8 Å². The van der Waals surface area contributed by atoms with Gasteiger partial charge in [0.25, 0.3) is 0 Å². The number of methoxy groups -OCH3 is 2. The number of benzene rings is 2. The van der Waals surface area contributed by atoms with Gasteiger partial charge < -0.3 is 14.2 Å². The van der Waals surface area contributed by atoms with Gasteiger partial charge in [-0.2, -0.15) is 0 Å². The maximum absolute atomic E-state index is 13.0. The molecular weight excluding hydrogens is 368 g/mol. The third-order valence-electron chi connectivity index (χ3n) is 5.20. The fourth-order valence-corrected chi connectivity index (χ4v) is 3.79.